The molecule has 0 aliphatic heterocycles. The maximum Gasteiger partial charge on any atom is 0.151 e. The van der Waals surface area contributed by atoms with Crippen molar-refractivity contribution in [3.63, 3.8) is 0 Å². The summed E-state index contributed by atoms with van der Waals surface area (Å²) in [6, 6.07) is 21.0. The lowest BCUT2D eigenvalue weighted by Crippen LogP contribution is -2.15. The molecule has 1 aliphatic carbocycles. The number of aliphatic imine (C=N–C) groups is 1. The SMILES string of the molecule is C=N/C=C\N(C)Cc1nc(NCCOC2CC2)c2c(-c3ccccc3)c(-c3ccccc3)sc2n1. The van der Waals surface area contributed by atoms with Gasteiger partial charge >= 0.3 is 0 Å². The van der Waals surface area contributed by atoms with E-state index in [0.29, 0.717) is 25.8 Å². The summed E-state index contributed by atoms with van der Waals surface area (Å²) >= 11 is 1.71. The zero-order chi connectivity index (χ0) is 24.0. The average molecular weight is 484 g/mol. The van der Waals surface area contributed by atoms with Gasteiger partial charge in [-0.2, -0.15) is 0 Å². The van der Waals surface area contributed by atoms with E-state index in [0.717, 1.165) is 33.0 Å². The van der Waals surface area contributed by atoms with Crippen LogP contribution < -0.4 is 5.32 Å². The largest absolute Gasteiger partial charge is 0.376 e. The molecule has 2 aromatic heterocycles. The molecule has 35 heavy (non-hydrogen) atoms. The Labute approximate surface area is 210 Å². The number of ether oxygens (including phenoxy) is 1. The van der Waals surface area contributed by atoms with Gasteiger partial charge < -0.3 is 15.0 Å². The van der Waals surface area contributed by atoms with Gasteiger partial charge in [0.15, 0.2) is 5.82 Å². The van der Waals surface area contributed by atoms with Crippen LogP contribution in [0.4, 0.5) is 5.82 Å². The van der Waals surface area contributed by atoms with Gasteiger partial charge in [0.1, 0.15) is 10.6 Å². The number of anilines is 1. The normalized spacial score (nSPS) is 13.4. The molecule has 0 unspecified atom stereocenters. The highest BCUT2D eigenvalue weighted by Gasteiger charge is 2.23. The molecule has 0 saturated heterocycles. The van der Waals surface area contributed by atoms with Gasteiger partial charge in [0.25, 0.3) is 0 Å². The Kier molecular flexibility index (Phi) is 7.16. The van der Waals surface area contributed by atoms with Gasteiger partial charge in [-0.1, -0.05) is 60.7 Å². The van der Waals surface area contributed by atoms with Crippen molar-refractivity contribution in [1.82, 2.24) is 14.9 Å². The molecule has 0 amide bonds. The summed E-state index contributed by atoms with van der Waals surface area (Å²) in [6.45, 7) is 5.43. The summed E-state index contributed by atoms with van der Waals surface area (Å²) in [6.07, 6.45) is 6.31. The second-order valence-corrected chi connectivity index (χ2v) is 9.60. The van der Waals surface area contributed by atoms with Crippen molar-refractivity contribution in [2.45, 2.75) is 25.5 Å². The lowest BCUT2D eigenvalue weighted by Gasteiger charge is -2.15. The van der Waals surface area contributed by atoms with E-state index in [4.69, 9.17) is 14.7 Å². The minimum Gasteiger partial charge on any atom is -0.376 e. The molecule has 5 rings (SSSR count). The molecule has 0 radical (unpaired) electrons. The van der Waals surface area contributed by atoms with Gasteiger partial charge in [-0.3, -0.25) is 4.99 Å². The zero-order valence-electron chi connectivity index (χ0n) is 19.9. The highest BCUT2D eigenvalue weighted by molar-refractivity contribution is 7.22. The monoisotopic (exact) mass is 483 g/mol. The molecule has 0 bridgehead atoms. The van der Waals surface area contributed by atoms with Crippen molar-refractivity contribution >= 4 is 34.1 Å². The van der Waals surface area contributed by atoms with Crippen LogP contribution in [0, 0.1) is 0 Å². The van der Waals surface area contributed by atoms with Crippen LogP contribution in [0.3, 0.4) is 0 Å². The van der Waals surface area contributed by atoms with Crippen molar-refractivity contribution in [3.8, 4) is 21.6 Å². The van der Waals surface area contributed by atoms with Crippen molar-refractivity contribution in [2.75, 3.05) is 25.5 Å². The van der Waals surface area contributed by atoms with Gasteiger partial charge in [0, 0.05) is 36.4 Å². The third-order valence-electron chi connectivity index (χ3n) is 5.79. The second-order valence-electron chi connectivity index (χ2n) is 8.60. The molecule has 6 nitrogen and oxygen atoms in total. The van der Waals surface area contributed by atoms with Gasteiger partial charge in [-0.05, 0) is 30.7 Å². The number of rotatable bonds is 11. The quantitative estimate of drug-likeness (QED) is 0.203. The standard InChI is InChI=1S/C28H29N5OS/c1-29-15-17-33(2)19-23-31-27(30-16-18-34-22-13-14-22)25-24(20-9-5-3-6-10-20)26(35-28(25)32-23)21-11-7-4-8-12-21/h3-12,15,17,22H,1,13-14,16,18-19H2,2H3,(H,30,31,32)/b17-15-. The molecule has 2 aromatic carbocycles. The van der Waals surface area contributed by atoms with E-state index in [2.05, 4.69) is 65.6 Å². The number of hydrogen-bond donors (Lipinski definition) is 1. The van der Waals surface area contributed by atoms with Gasteiger partial charge in [-0.15, -0.1) is 11.3 Å². The van der Waals surface area contributed by atoms with Crippen LogP contribution in [0.5, 0.6) is 0 Å². The fourth-order valence-electron chi connectivity index (χ4n) is 3.98. The number of aromatic nitrogens is 2. The number of nitrogens with zero attached hydrogens (tertiary/aromatic N) is 4. The first kappa shape index (κ1) is 23.2. The van der Waals surface area contributed by atoms with Gasteiger partial charge in [0.05, 0.1) is 24.6 Å². The fourth-order valence-corrected chi connectivity index (χ4v) is 5.20. The summed E-state index contributed by atoms with van der Waals surface area (Å²) in [5.74, 6) is 1.60. The minimum atomic E-state index is 0.433. The van der Waals surface area contributed by atoms with E-state index >= 15 is 0 Å². The Bertz CT molecular complexity index is 1320. The lowest BCUT2D eigenvalue weighted by molar-refractivity contribution is 0.129. The van der Waals surface area contributed by atoms with Crippen LogP contribution in [0.25, 0.3) is 31.8 Å². The van der Waals surface area contributed by atoms with Crippen LogP contribution >= 0.6 is 11.3 Å². The highest BCUT2D eigenvalue weighted by Crippen LogP contribution is 2.46. The van der Waals surface area contributed by atoms with Crippen LogP contribution in [0.1, 0.15) is 18.7 Å². The Morgan fingerprint density at radius 1 is 1.09 bits per heavy atom. The molecule has 2 heterocycles. The van der Waals surface area contributed by atoms with E-state index < -0.39 is 0 Å². The molecular weight excluding hydrogens is 454 g/mol. The number of thiophene rings is 1. The summed E-state index contributed by atoms with van der Waals surface area (Å²) in [5, 5.41) is 4.62. The van der Waals surface area contributed by atoms with Crippen molar-refractivity contribution in [2.24, 2.45) is 4.99 Å². The third-order valence-corrected chi connectivity index (χ3v) is 6.92. The molecule has 4 aromatic rings. The predicted molar refractivity (Wildman–Crippen MR) is 146 cm³/mol. The van der Waals surface area contributed by atoms with Crippen LogP contribution in [-0.4, -0.2) is 47.9 Å². The summed E-state index contributed by atoms with van der Waals surface area (Å²) in [4.78, 5) is 17.9. The molecule has 1 saturated carbocycles. The molecular formula is C28H29N5OS. The maximum absolute atomic E-state index is 5.88. The first-order chi connectivity index (χ1) is 17.2. The van der Waals surface area contributed by atoms with Gasteiger partial charge in [0.2, 0.25) is 0 Å². The molecule has 1 N–H and O–H groups in total. The van der Waals surface area contributed by atoms with E-state index in [1.54, 1.807) is 17.5 Å². The number of nitrogens with one attached hydrogen (secondary N) is 1. The van der Waals surface area contributed by atoms with Crippen LogP contribution in [0.15, 0.2) is 78.1 Å². The molecule has 7 heteroatoms. The minimum absolute atomic E-state index is 0.433. The summed E-state index contributed by atoms with van der Waals surface area (Å²) in [7, 11) is 1.98. The van der Waals surface area contributed by atoms with Crippen molar-refractivity contribution < 1.29 is 4.74 Å². The molecule has 1 aliphatic rings. The van der Waals surface area contributed by atoms with E-state index in [-0.39, 0.29) is 0 Å². The molecule has 178 valence electrons. The van der Waals surface area contributed by atoms with Crippen molar-refractivity contribution in [3.05, 3.63) is 78.9 Å². The summed E-state index contributed by atoms with van der Waals surface area (Å²) in [5.41, 5.74) is 3.50. The first-order valence-electron chi connectivity index (χ1n) is 11.9. The van der Waals surface area contributed by atoms with E-state index in [1.807, 2.05) is 30.3 Å². The Morgan fingerprint density at radius 2 is 1.80 bits per heavy atom. The lowest BCUT2D eigenvalue weighted by atomic mass is 10.00. The smallest absolute Gasteiger partial charge is 0.151 e. The fraction of sp³-hybridized carbons (Fsp3) is 0.250. The highest BCUT2D eigenvalue weighted by atomic mass is 32.1. The second kappa shape index (κ2) is 10.8. The van der Waals surface area contributed by atoms with Crippen molar-refractivity contribution in [1.29, 1.82) is 0 Å². The van der Waals surface area contributed by atoms with E-state index in [1.165, 1.54) is 23.3 Å². The first-order valence-corrected chi connectivity index (χ1v) is 12.7. The van der Waals surface area contributed by atoms with Crippen LogP contribution in [0.2, 0.25) is 0 Å². The molecule has 1 fully saturated rings. The third kappa shape index (κ3) is 5.58. The Morgan fingerprint density at radius 3 is 2.49 bits per heavy atom. The summed E-state index contributed by atoms with van der Waals surface area (Å²) < 4.78 is 5.88. The topological polar surface area (TPSA) is 62.6 Å². The van der Waals surface area contributed by atoms with E-state index in [9.17, 15) is 0 Å². The molecule has 0 spiro atoms. The maximum atomic E-state index is 5.88. The number of fused-ring (bicyclic) bond motifs is 1. The zero-order valence-corrected chi connectivity index (χ0v) is 20.7. The van der Waals surface area contributed by atoms with Crippen LogP contribution in [-0.2, 0) is 11.3 Å². The number of hydrogen-bond acceptors (Lipinski definition) is 7. The molecule has 0 atom stereocenters. The Hall–Kier alpha value is -3.55. The average Bonchev–Trinajstić information content (AvgIpc) is 3.64. The van der Waals surface area contributed by atoms with Gasteiger partial charge in [-0.25, -0.2) is 9.97 Å². The predicted octanol–water partition coefficient (Wildman–Crippen LogP) is 6.22. The number of benzene rings is 2. The Balaban J connectivity index is 1.62.